The fraction of sp³-hybridized carbons (Fsp3) is 0.360. The first-order chi connectivity index (χ1) is 15.1. The molecule has 0 bridgehead atoms. The van der Waals surface area contributed by atoms with Crippen LogP contribution in [0, 0.1) is 0 Å². The highest BCUT2D eigenvalue weighted by Crippen LogP contribution is 2.32. The monoisotopic (exact) mass is 436 g/mol. The van der Waals surface area contributed by atoms with Gasteiger partial charge in [0.15, 0.2) is 0 Å². The molecule has 1 aliphatic carbocycles. The van der Waals surface area contributed by atoms with Crippen molar-refractivity contribution < 1.29 is 14.3 Å². The van der Waals surface area contributed by atoms with Crippen LogP contribution < -0.4 is 9.47 Å². The van der Waals surface area contributed by atoms with Crippen LogP contribution in [0.2, 0.25) is 0 Å². The molecule has 0 saturated heterocycles. The van der Waals surface area contributed by atoms with E-state index in [2.05, 4.69) is 19.9 Å². The number of para-hydroxylation sites is 2. The number of rotatable bonds is 9. The molecule has 31 heavy (non-hydrogen) atoms. The molecule has 1 aromatic heterocycles. The van der Waals surface area contributed by atoms with Crippen molar-refractivity contribution in [2.75, 3.05) is 7.11 Å². The van der Waals surface area contributed by atoms with Crippen molar-refractivity contribution in [2.45, 2.75) is 51.8 Å². The minimum absolute atomic E-state index is 0.00314. The fourth-order valence-electron chi connectivity index (χ4n) is 3.62. The molecule has 6 heteroatoms. The molecule has 1 amide bonds. The highest BCUT2D eigenvalue weighted by atomic mass is 32.1. The van der Waals surface area contributed by atoms with Crippen LogP contribution >= 0.6 is 11.3 Å². The molecule has 1 heterocycles. The third kappa shape index (κ3) is 5.07. The average molecular weight is 437 g/mol. The fourth-order valence-corrected chi connectivity index (χ4v) is 4.32. The number of thiazole rings is 1. The first-order valence-corrected chi connectivity index (χ1v) is 11.5. The van der Waals surface area contributed by atoms with Gasteiger partial charge in [-0.3, -0.25) is 4.79 Å². The first kappa shape index (κ1) is 21.4. The zero-order chi connectivity index (χ0) is 21.8. The molecule has 5 nitrogen and oxygen atoms in total. The molecule has 2 aromatic carbocycles. The number of carbonyl (C=O) groups is 1. The summed E-state index contributed by atoms with van der Waals surface area (Å²) in [5, 5.41) is 2.94. The predicted octanol–water partition coefficient (Wildman–Crippen LogP) is 5.66. The van der Waals surface area contributed by atoms with Crippen LogP contribution in [0.15, 0.2) is 53.9 Å². The van der Waals surface area contributed by atoms with Crippen molar-refractivity contribution in [1.82, 2.24) is 9.88 Å². The summed E-state index contributed by atoms with van der Waals surface area (Å²) in [6.07, 6.45) is 2.07. The van der Waals surface area contributed by atoms with E-state index in [1.807, 2.05) is 52.7 Å². The zero-order valence-electron chi connectivity index (χ0n) is 18.2. The van der Waals surface area contributed by atoms with E-state index in [0.717, 1.165) is 29.3 Å². The molecule has 0 unspecified atom stereocenters. The van der Waals surface area contributed by atoms with Crippen molar-refractivity contribution in [3.8, 4) is 11.5 Å². The number of aromatic nitrogens is 1. The summed E-state index contributed by atoms with van der Waals surface area (Å²) in [5.74, 6) is 1.90. The maximum atomic E-state index is 13.2. The van der Waals surface area contributed by atoms with Gasteiger partial charge in [0.2, 0.25) is 0 Å². The van der Waals surface area contributed by atoms with Gasteiger partial charge in [0.1, 0.15) is 23.1 Å². The SMILES string of the molecule is COc1ccccc1C(=O)N(Cc1csc(COc2ccccc2C(C)C)n1)C1CC1. The topological polar surface area (TPSA) is 51.7 Å². The Labute approximate surface area is 187 Å². The number of ether oxygens (including phenoxy) is 2. The highest BCUT2D eigenvalue weighted by molar-refractivity contribution is 7.09. The van der Waals surface area contributed by atoms with Gasteiger partial charge in [-0.2, -0.15) is 0 Å². The van der Waals surface area contributed by atoms with E-state index in [1.165, 1.54) is 5.56 Å². The van der Waals surface area contributed by atoms with Crippen LogP contribution in [0.4, 0.5) is 0 Å². The van der Waals surface area contributed by atoms with Gasteiger partial charge < -0.3 is 14.4 Å². The van der Waals surface area contributed by atoms with E-state index in [0.29, 0.717) is 30.4 Å². The summed E-state index contributed by atoms with van der Waals surface area (Å²) in [5.41, 5.74) is 2.69. The minimum Gasteiger partial charge on any atom is -0.496 e. The predicted molar refractivity (Wildman–Crippen MR) is 123 cm³/mol. The van der Waals surface area contributed by atoms with Crippen molar-refractivity contribution in [1.29, 1.82) is 0 Å². The lowest BCUT2D eigenvalue weighted by atomic mass is 10.0. The second-order valence-corrected chi connectivity index (χ2v) is 9.02. The molecule has 0 atom stereocenters. The lowest BCUT2D eigenvalue weighted by molar-refractivity contribution is 0.0724. The first-order valence-electron chi connectivity index (χ1n) is 10.7. The molecular weight excluding hydrogens is 408 g/mol. The van der Waals surface area contributed by atoms with Gasteiger partial charge in [0, 0.05) is 11.4 Å². The smallest absolute Gasteiger partial charge is 0.258 e. The summed E-state index contributed by atoms with van der Waals surface area (Å²) >= 11 is 1.57. The van der Waals surface area contributed by atoms with Crippen LogP contribution in [0.5, 0.6) is 11.5 Å². The summed E-state index contributed by atoms with van der Waals surface area (Å²) in [6.45, 7) is 5.25. The van der Waals surface area contributed by atoms with Crippen molar-refractivity contribution >= 4 is 17.2 Å². The number of nitrogens with zero attached hydrogens (tertiary/aromatic N) is 2. The highest BCUT2D eigenvalue weighted by Gasteiger charge is 2.34. The Morgan fingerprint density at radius 1 is 1.13 bits per heavy atom. The molecule has 1 saturated carbocycles. The van der Waals surface area contributed by atoms with Crippen molar-refractivity contribution in [3.05, 3.63) is 75.7 Å². The van der Waals surface area contributed by atoms with Gasteiger partial charge in [0.25, 0.3) is 5.91 Å². The average Bonchev–Trinajstić information content (AvgIpc) is 3.54. The molecule has 0 aliphatic heterocycles. The standard InChI is InChI=1S/C25H28N2O3S/c1-17(2)20-8-4-7-11-23(20)30-15-24-26-18(16-31-24)14-27(19-12-13-19)25(28)21-9-5-6-10-22(21)29-3/h4-11,16-17,19H,12-15H2,1-3H3. The molecule has 1 aliphatic rings. The molecule has 162 valence electrons. The Hall–Kier alpha value is -2.86. The normalized spacial score (nSPS) is 13.3. The van der Waals surface area contributed by atoms with E-state index in [-0.39, 0.29) is 11.9 Å². The maximum absolute atomic E-state index is 13.2. The van der Waals surface area contributed by atoms with Crippen LogP contribution in [0.1, 0.15) is 59.2 Å². The lowest BCUT2D eigenvalue weighted by Gasteiger charge is -2.22. The summed E-state index contributed by atoms with van der Waals surface area (Å²) in [4.78, 5) is 19.9. The number of amides is 1. The van der Waals surface area contributed by atoms with E-state index in [1.54, 1.807) is 18.4 Å². The summed E-state index contributed by atoms with van der Waals surface area (Å²) in [7, 11) is 1.59. The van der Waals surface area contributed by atoms with E-state index < -0.39 is 0 Å². The van der Waals surface area contributed by atoms with Gasteiger partial charge in [-0.05, 0) is 42.5 Å². The molecular formula is C25H28N2O3S. The van der Waals surface area contributed by atoms with Gasteiger partial charge >= 0.3 is 0 Å². The molecule has 1 fully saturated rings. The van der Waals surface area contributed by atoms with Gasteiger partial charge in [-0.15, -0.1) is 11.3 Å². The lowest BCUT2D eigenvalue weighted by Crippen LogP contribution is -2.33. The van der Waals surface area contributed by atoms with Crippen molar-refractivity contribution in [3.63, 3.8) is 0 Å². The van der Waals surface area contributed by atoms with E-state index >= 15 is 0 Å². The minimum atomic E-state index is -0.00314. The zero-order valence-corrected chi connectivity index (χ0v) is 19.0. The number of hydrogen-bond donors (Lipinski definition) is 0. The quantitative estimate of drug-likeness (QED) is 0.434. The van der Waals surface area contributed by atoms with Gasteiger partial charge in [-0.25, -0.2) is 4.98 Å². The van der Waals surface area contributed by atoms with Gasteiger partial charge in [0.05, 0.1) is 24.9 Å². The Morgan fingerprint density at radius 2 is 1.84 bits per heavy atom. The van der Waals surface area contributed by atoms with E-state index in [4.69, 9.17) is 14.5 Å². The van der Waals surface area contributed by atoms with Crippen LogP contribution in [-0.2, 0) is 13.2 Å². The van der Waals surface area contributed by atoms with Crippen molar-refractivity contribution in [2.24, 2.45) is 0 Å². The Kier molecular flexibility index (Phi) is 6.56. The number of carbonyl (C=O) groups excluding carboxylic acids is 1. The second kappa shape index (κ2) is 9.52. The number of hydrogen-bond acceptors (Lipinski definition) is 5. The van der Waals surface area contributed by atoms with Crippen LogP contribution in [-0.4, -0.2) is 28.9 Å². The molecule has 0 radical (unpaired) electrons. The Balaban J connectivity index is 1.44. The van der Waals surface area contributed by atoms with Gasteiger partial charge in [-0.1, -0.05) is 44.2 Å². The van der Waals surface area contributed by atoms with Crippen LogP contribution in [0.3, 0.4) is 0 Å². The third-order valence-corrected chi connectivity index (χ3v) is 6.28. The largest absolute Gasteiger partial charge is 0.496 e. The maximum Gasteiger partial charge on any atom is 0.258 e. The number of methoxy groups -OCH3 is 1. The Bertz CT molecular complexity index is 1040. The van der Waals surface area contributed by atoms with Crippen LogP contribution in [0.25, 0.3) is 0 Å². The molecule has 4 rings (SSSR count). The summed E-state index contributed by atoms with van der Waals surface area (Å²) < 4.78 is 11.5. The summed E-state index contributed by atoms with van der Waals surface area (Å²) in [6, 6.07) is 15.8. The number of benzene rings is 2. The Morgan fingerprint density at radius 3 is 2.55 bits per heavy atom. The molecule has 0 spiro atoms. The second-order valence-electron chi connectivity index (χ2n) is 8.08. The van der Waals surface area contributed by atoms with E-state index in [9.17, 15) is 4.79 Å². The third-order valence-electron chi connectivity index (χ3n) is 5.41. The molecule has 3 aromatic rings. The molecule has 0 N–H and O–H groups in total.